The van der Waals surface area contributed by atoms with Crippen molar-refractivity contribution < 1.29 is 29.3 Å². The first-order chi connectivity index (χ1) is 14.7. The van der Waals surface area contributed by atoms with Gasteiger partial charge in [0.05, 0.1) is 6.42 Å². The Morgan fingerprint density at radius 2 is 1.94 bits per heavy atom. The van der Waals surface area contributed by atoms with Crippen molar-refractivity contribution in [2.24, 2.45) is 29.1 Å². The number of ketones is 2. The number of ether oxygens (including phenoxy) is 1. The van der Waals surface area contributed by atoms with Crippen LogP contribution in [0.4, 0.5) is 0 Å². The number of esters is 1. The van der Waals surface area contributed by atoms with E-state index in [1.807, 2.05) is 6.92 Å². The van der Waals surface area contributed by atoms with Crippen molar-refractivity contribution in [1.82, 2.24) is 0 Å². The van der Waals surface area contributed by atoms with Gasteiger partial charge >= 0.3 is 5.97 Å². The van der Waals surface area contributed by atoms with Crippen molar-refractivity contribution in [3.8, 4) is 0 Å². The van der Waals surface area contributed by atoms with Gasteiger partial charge in [0.2, 0.25) is 11.4 Å². The molecule has 0 aromatic heterocycles. The van der Waals surface area contributed by atoms with Gasteiger partial charge in [-0.05, 0) is 73.8 Å². The van der Waals surface area contributed by atoms with E-state index in [2.05, 4.69) is 12.2 Å². The summed E-state index contributed by atoms with van der Waals surface area (Å²) in [4.78, 5) is 37.4. The van der Waals surface area contributed by atoms with Gasteiger partial charge in [0.1, 0.15) is 11.7 Å². The summed E-state index contributed by atoms with van der Waals surface area (Å²) in [5.74, 6) is 0.238. The third-order valence-electron chi connectivity index (χ3n) is 9.54. The number of rotatable bonds is 2. The molecule has 3 fully saturated rings. The fraction of sp³-hybridized carbons (Fsp3) is 0.720. The molecule has 0 radical (unpaired) electrons. The van der Waals surface area contributed by atoms with Crippen molar-refractivity contribution >= 4 is 17.5 Å². The summed E-state index contributed by atoms with van der Waals surface area (Å²) in [6.45, 7) is 3.80. The Hall–Kier alpha value is -1.79. The topological polar surface area (TPSA) is 101 Å². The van der Waals surface area contributed by atoms with Crippen LogP contribution in [0, 0.1) is 29.1 Å². The number of allylic oxidation sites excluding steroid dienone is 4. The highest BCUT2D eigenvalue weighted by Crippen LogP contribution is 2.67. The Balaban J connectivity index is 1.54. The zero-order valence-electron chi connectivity index (χ0n) is 18.3. The van der Waals surface area contributed by atoms with E-state index in [1.165, 1.54) is 0 Å². The molecular weight excluding hydrogens is 396 g/mol. The molecule has 6 nitrogen and oxygen atoms in total. The molecule has 0 aromatic rings. The number of hydrogen-bond donors (Lipinski definition) is 2. The van der Waals surface area contributed by atoms with Gasteiger partial charge in [-0.1, -0.05) is 26.0 Å². The summed E-state index contributed by atoms with van der Waals surface area (Å²) < 4.78 is 5.68. The fourth-order valence-corrected chi connectivity index (χ4v) is 7.97. The van der Waals surface area contributed by atoms with Crippen LogP contribution in [0.1, 0.15) is 65.2 Å². The van der Waals surface area contributed by atoms with Gasteiger partial charge in [-0.25, -0.2) is 0 Å². The predicted octanol–water partition coefficient (Wildman–Crippen LogP) is 2.66. The number of Topliss-reactive ketones (excluding diaryl/α,β-unsaturated/α-hetero) is 1. The molecule has 5 aliphatic rings. The normalized spacial score (nSPS) is 49.1. The van der Waals surface area contributed by atoms with Crippen LogP contribution in [-0.4, -0.2) is 45.1 Å². The molecule has 1 aliphatic heterocycles. The zero-order valence-corrected chi connectivity index (χ0v) is 18.3. The molecule has 0 amide bonds. The van der Waals surface area contributed by atoms with Gasteiger partial charge in [0.25, 0.3) is 0 Å². The summed E-state index contributed by atoms with van der Waals surface area (Å²) in [6, 6.07) is 0. The van der Waals surface area contributed by atoms with Gasteiger partial charge in [0.15, 0.2) is 5.78 Å². The Labute approximate surface area is 182 Å². The van der Waals surface area contributed by atoms with E-state index < -0.39 is 34.5 Å². The van der Waals surface area contributed by atoms with Crippen molar-refractivity contribution in [3.63, 3.8) is 0 Å². The summed E-state index contributed by atoms with van der Waals surface area (Å²) in [5, 5.41) is 22.5. The summed E-state index contributed by atoms with van der Waals surface area (Å²) in [7, 11) is 0. The first-order valence-corrected chi connectivity index (χ1v) is 11.8. The highest BCUT2D eigenvalue weighted by Gasteiger charge is 2.73. The third kappa shape index (κ3) is 2.61. The molecule has 5 rings (SSSR count). The minimum Gasteiger partial charge on any atom is -0.448 e. The van der Waals surface area contributed by atoms with Crippen LogP contribution in [-0.2, 0) is 19.1 Å². The summed E-state index contributed by atoms with van der Waals surface area (Å²) >= 11 is 0. The van der Waals surface area contributed by atoms with Gasteiger partial charge < -0.3 is 14.9 Å². The van der Waals surface area contributed by atoms with Gasteiger partial charge in [-0.15, -0.1) is 0 Å². The van der Waals surface area contributed by atoms with E-state index in [1.54, 1.807) is 13.0 Å². The minimum atomic E-state index is -1.70. The molecule has 0 bridgehead atoms. The molecule has 1 unspecified atom stereocenters. The van der Waals surface area contributed by atoms with Crippen molar-refractivity contribution in [3.05, 3.63) is 23.8 Å². The molecule has 0 aromatic carbocycles. The molecule has 0 spiro atoms. The Morgan fingerprint density at radius 3 is 2.68 bits per heavy atom. The smallest absolute Gasteiger partial charge is 0.309 e. The second kappa shape index (κ2) is 6.85. The Bertz CT molecular complexity index is 904. The van der Waals surface area contributed by atoms with Gasteiger partial charge in [-0.3, -0.25) is 14.4 Å². The van der Waals surface area contributed by atoms with Crippen molar-refractivity contribution in [2.45, 2.75) is 82.5 Å². The quantitative estimate of drug-likeness (QED) is 0.656. The van der Waals surface area contributed by atoms with E-state index in [0.717, 1.165) is 31.3 Å². The number of aliphatic hydroxyl groups is 2. The van der Waals surface area contributed by atoms with Gasteiger partial charge in [-0.2, -0.15) is 0 Å². The van der Waals surface area contributed by atoms with Crippen LogP contribution in [0.25, 0.3) is 0 Å². The molecule has 2 N–H and O–H groups in total. The molecule has 8 atom stereocenters. The maximum absolute atomic E-state index is 13.2. The highest BCUT2D eigenvalue weighted by atomic mass is 16.6. The monoisotopic (exact) mass is 428 g/mol. The van der Waals surface area contributed by atoms with E-state index in [4.69, 9.17) is 4.74 Å². The summed E-state index contributed by atoms with van der Waals surface area (Å²) in [6.07, 6.45) is 8.69. The lowest BCUT2D eigenvalue weighted by molar-refractivity contribution is -0.243. The molecule has 2 saturated carbocycles. The fourth-order valence-electron chi connectivity index (χ4n) is 7.97. The van der Waals surface area contributed by atoms with Crippen LogP contribution >= 0.6 is 0 Å². The van der Waals surface area contributed by atoms with Crippen LogP contribution in [0.15, 0.2) is 23.8 Å². The van der Waals surface area contributed by atoms with E-state index in [9.17, 15) is 24.6 Å². The minimum absolute atomic E-state index is 0.148. The lowest BCUT2D eigenvalue weighted by Gasteiger charge is -2.58. The molecule has 4 aliphatic carbocycles. The number of aliphatic hydroxyl groups excluding tert-OH is 1. The molecule has 1 saturated heterocycles. The molecule has 6 heteroatoms. The zero-order chi connectivity index (χ0) is 22.2. The number of carbonyl (C=O) groups is 3. The summed E-state index contributed by atoms with van der Waals surface area (Å²) in [5.41, 5.74) is -2.67. The van der Waals surface area contributed by atoms with E-state index in [0.29, 0.717) is 24.7 Å². The predicted molar refractivity (Wildman–Crippen MR) is 112 cm³/mol. The Kier molecular flexibility index (Phi) is 4.66. The van der Waals surface area contributed by atoms with E-state index >= 15 is 0 Å². The third-order valence-corrected chi connectivity index (χ3v) is 9.54. The van der Waals surface area contributed by atoms with Crippen molar-refractivity contribution in [1.29, 1.82) is 0 Å². The lowest BCUT2D eigenvalue weighted by Crippen LogP contribution is -2.71. The molecule has 31 heavy (non-hydrogen) atoms. The molecule has 168 valence electrons. The van der Waals surface area contributed by atoms with Crippen LogP contribution in [0.2, 0.25) is 0 Å². The lowest BCUT2D eigenvalue weighted by atomic mass is 9.49. The van der Waals surface area contributed by atoms with Crippen LogP contribution in [0.3, 0.4) is 0 Å². The number of fused-ring (bicyclic) bond motifs is 5. The SMILES string of the molecule is CC[C@]1([C@]2(O)CC[C@H]3[C@@H]4C=CC5=CC(=O)CC[C@@H]5[C@H]4CC[C@@]32C)OC(=O)CC(O)C1=O. The average Bonchev–Trinajstić information content (AvgIpc) is 3.02. The largest absolute Gasteiger partial charge is 0.448 e. The Morgan fingerprint density at radius 1 is 1.16 bits per heavy atom. The first-order valence-electron chi connectivity index (χ1n) is 11.8. The average molecular weight is 429 g/mol. The highest BCUT2D eigenvalue weighted by molar-refractivity contribution is 5.99. The van der Waals surface area contributed by atoms with Crippen LogP contribution in [0.5, 0.6) is 0 Å². The second-order valence-electron chi connectivity index (χ2n) is 10.6. The number of cyclic esters (lactones) is 1. The standard InChI is InChI=1S/C25H32O6/c1-3-24(22(29)20(27)13-21(28)31-24)25(30)11-9-19-18-6-4-14-12-15(26)5-7-16(14)17(18)8-10-23(19,25)2/h4,6,12,16-20,27,30H,3,5,7-11,13H2,1-2H3/t16-,17+,18+,19-,20?,23-,24-,25-/m0/s1. The maximum atomic E-state index is 13.2. The first kappa shape index (κ1) is 21.1. The van der Waals surface area contributed by atoms with E-state index in [-0.39, 0.29) is 30.5 Å². The van der Waals surface area contributed by atoms with Crippen LogP contribution < -0.4 is 0 Å². The molecular formula is C25H32O6. The number of hydrogen-bond acceptors (Lipinski definition) is 6. The van der Waals surface area contributed by atoms with Crippen molar-refractivity contribution in [2.75, 3.05) is 0 Å². The molecule has 1 heterocycles. The maximum Gasteiger partial charge on any atom is 0.309 e. The van der Waals surface area contributed by atoms with Gasteiger partial charge in [0, 0.05) is 11.8 Å². The number of carbonyl (C=O) groups excluding carboxylic acids is 3. The second-order valence-corrected chi connectivity index (χ2v) is 10.6.